The molecule has 2 aliphatic heterocycles. The number of nitrogens with zero attached hydrogens (tertiary/aromatic N) is 2. The highest BCUT2D eigenvalue weighted by molar-refractivity contribution is 6.31. The van der Waals surface area contributed by atoms with E-state index in [-0.39, 0.29) is 12.3 Å². The van der Waals surface area contributed by atoms with Gasteiger partial charge >= 0.3 is 0 Å². The Balaban J connectivity index is 1.62. The van der Waals surface area contributed by atoms with Gasteiger partial charge in [0.2, 0.25) is 6.23 Å². The van der Waals surface area contributed by atoms with Crippen LogP contribution >= 0.6 is 23.2 Å². The third kappa shape index (κ3) is 2.89. The molecule has 136 valence electrons. The summed E-state index contributed by atoms with van der Waals surface area (Å²) < 4.78 is 12.1. The second kappa shape index (κ2) is 6.32. The van der Waals surface area contributed by atoms with Gasteiger partial charge in [-0.1, -0.05) is 35.3 Å². The molecule has 2 aliphatic rings. The molecule has 4 nitrogen and oxygen atoms in total. The van der Waals surface area contributed by atoms with E-state index in [1.807, 2.05) is 66.5 Å². The molecule has 5 rings (SSSR count). The highest BCUT2D eigenvalue weighted by Gasteiger charge is 2.41. The van der Waals surface area contributed by atoms with Gasteiger partial charge in [0.1, 0.15) is 23.0 Å². The largest absolute Gasteiger partial charge is 0.464 e. The van der Waals surface area contributed by atoms with Gasteiger partial charge in [-0.25, -0.2) is 5.01 Å². The van der Waals surface area contributed by atoms with Gasteiger partial charge in [-0.3, -0.25) is 0 Å². The summed E-state index contributed by atoms with van der Waals surface area (Å²) in [5.74, 6) is 2.47. The molecule has 0 spiro atoms. The predicted molar refractivity (Wildman–Crippen MR) is 105 cm³/mol. The molecule has 0 N–H and O–H groups in total. The summed E-state index contributed by atoms with van der Waals surface area (Å²) in [6.07, 6.45) is 0.358. The Hall–Kier alpha value is -2.43. The van der Waals surface area contributed by atoms with Crippen LogP contribution in [0, 0.1) is 6.92 Å². The fourth-order valence-corrected chi connectivity index (χ4v) is 4.06. The molecule has 3 heterocycles. The minimum atomic E-state index is -0.365. The summed E-state index contributed by atoms with van der Waals surface area (Å²) in [5, 5.41) is 8.19. The fraction of sp³-hybridized carbons (Fsp3) is 0.190. The van der Waals surface area contributed by atoms with E-state index < -0.39 is 0 Å². The van der Waals surface area contributed by atoms with Gasteiger partial charge in [-0.15, -0.1) is 0 Å². The molecule has 1 aromatic heterocycles. The van der Waals surface area contributed by atoms with Crippen LogP contribution in [0.3, 0.4) is 0 Å². The fourth-order valence-electron chi connectivity index (χ4n) is 3.68. The quantitative estimate of drug-likeness (QED) is 0.520. The number of hydrazone groups is 1. The van der Waals surface area contributed by atoms with Gasteiger partial charge in [0.25, 0.3) is 0 Å². The molecule has 0 amide bonds. The minimum Gasteiger partial charge on any atom is -0.464 e. The molecule has 0 aliphatic carbocycles. The molecule has 0 saturated carbocycles. The standard InChI is InChI=1S/C21H16Cl2N2O2/c1-12-5-7-20(26-12)17-11-18-16-10-15(23)6-8-19(16)27-21(25(18)24-17)13-3-2-4-14(22)9-13/h2-10,18,21H,11H2,1H3/t18-,21-/m0/s1. The first-order chi connectivity index (χ1) is 13.1. The van der Waals surface area contributed by atoms with Gasteiger partial charge in [-0.05, 0) is 49.4 Å². The van der Waals surface area contributed by atoms with Crippen molar-refractivity contribution in [2.45, 2.75) is 25.6 Å². The Morgan fingerprint density at radius 2 is 1.89 bits per heavy atom. The average Bonchev–Trinajstić information content (AvgIpc) is 3.27. The van der Waals surface area contributed by atoms with E-state index in [0.717, 1.165) is 40.5 Å². The highest BCUT2D eigenvalue weighted by Crippen LogP contribution is 2.48. The van der Waals surface area contributed by atoms with Crippen LogP contribution < -0.4 is 4.74 Å². The van der Waals surface area contributed by atoms with E-state index in [0.29, 0.717) is 10.0 Å². The lowest BCUT2D eigenvalue weighted by molar-refractivity contribution is -0.0190. The van der Waals surface area contributed by atoms with Gasteiger partial charge < -0.3 is 9.15 Å². The highest BCUT2D eigenvalue weighted by atomic mass is 35.5. The first-order valence-electron chi connectivity index (χ1n) is 8.73. The van der Waals surface area contributed by atoms with E-state index in [1.165, 1.54) is 0 Å². The average molecular weight is 399 g/mol. The van der Waals surface area contributed by atoms with Crippen LogP contribution in [0.1, 0.15) is 41.3 Å². The molecule has 27 heavy (non-hydrogen) atoms. The molecular formula is C21H16Cl2N2O2. The van der Waals surface area contributed by atoms with Gasteiger partial charge in [0.15, 0.2) is 0 Å². The lowest BCUT2D eigenvalue weighted by Crippen LogP contribution is -2.33. The van der Waals surface area contributed by atoms with Crippen molar-refractivity contribution in [1.82, 2.24) is 5.01 Å². The summed E-state index contributed by atoms with van der Waals surface area (Å²) in [6, 6.07) is 17.3. The number of furan rings is 1. The molecule has 0 unspecified atom stereocenters. The van der Waals surface area contributed by atoms with Crippen LogP contribution in [0.2, 0.25) is 10.0 Å². The van der Waals surface area contributed by atoms with Crippen LogP contribution in [0.4, 0.5) is 0 Å². The number of aryl methyl sites for hydroxylation is 1. The summed E-state index contributed by atoms with van der Waals surface area (Å²) >= 11 is 12.5. The van der Waals surface area contributed by atoms with E-state index in [4.69, 9.17) is 37.5 Å². The van der Waals surface area contributed by atoms with Crippen LogP contribution in [0.25, 0.3) is 0 Å². The Labute approximate surface area is 166 Å². The van der Waals surface area contributed by atoms with Crippen LogP contribution in [0.15, 0.2) is 64.1 Å². The molecule has 2 aromatic carbocycles. The van der Waals surface area contributed by atoms with Crippen molar-refractivity contribution in [2.24, 2.45) is 5.10 Å². The monoisotopic (exact) mass is 398 g/mol. The third-order valence-electron chi connectivity index (χ3n) is 4.91. The molecule has 0 radical (unpaired) electrons. The smallest absolute Gasteiger partial charge is 0.213 e. The molecule has 3 aromatic rings. The molecule has 2 atom stereocenters. The van der Waals surface area contributed by atoms with Crippen LogP contribution in [-0.4, -0.2) is 10.7 Å². The number of fused-ring (bicyclic) bond motifs is 3. The van der Waals surface area contributed by atoms with E-state index >= 15 is 0 Å². The number of benzene rings is 2. The van der Waals surface area contributed by atoms with Crippen LogP contribution in [0.5, 0.6) is 5.75 Å². The normalized spacial score (nSPS) is 20.7. The zero-order chi connectivity index (χ0) is 18.5. The maximum atomic E-state index is 6.30. The number of ether oxygens (including phenoxy) is 1. The predicted octanol–water partition coefficient (Wildman–Crippen LogP) is 6.14. The lowest BCUT2D eigenvalue weighted by atomic mass is 9.97. The second-order valence-corrected chi connectivity index (χ2v) is 7.64. The van der Waals surface area contributed by atoms with E-state index in [1.54, 1.807) is 0 Å². The van der Waals surface area contributed by atoms with Gasteiger partial charge in [0.05, 0.1) is 6.04 Å². The van der Waals surface area contributed by atoms with Gasteiger partial charge in [0, 0.05) is 27.6 Å². The zero-order valence-corrected chi connectivity index (χ0v) is 16.0. The summed E-state index contributed by atoms with van der Waals surface area (Å²) in [5.41, 5.74) is 2.88. The van der Waals surface area contributed by atoms with Crippen molar-refractivity contribution in [3.05, 3.63) is 87.3 Å². The zero-order valence-electron chi connectivity index (χ0n) is 14.5. The minimum absolute atomic E-state index is 0.0248. The summed E-state index contributed by atoms with van der Waals surface area (Å²) in [7, 11) is 0. The summed E-state index contributed by atoms with van der Waals surface area (Å²) in [4.78, 5) is 0. The van der Waals surface area contributed by atoms with Crippen molar-refractivity contribution in [1.29, 1.82) is 0 Å². The SMILES string of the molecule is Cc1ccc(C2=NN3[C@@H](C2)c2cc(Cl)ccc2O[C@H]3c2cccc(Cl)c2)o1. The van der Waals surface area contributed by atoms with Crippen molar-refractivity contribution in [3.8, 4) is 5.75 Å². The molecule has 0 fully saturated rings. The second-order valence-electron chi connectivity index (χ2n) is 6.76. The van der Waals surface area contributed by atoms with Crippen molar-refractivity contribution in [2.75, 3.05) is 0 Å². The van der Waals surface area contributed by atoms with Gasteiger partial charge in [-0.2, -0.15) is 5.10 Å². The molecule has 0 bridgehead atoms. The van der Waals surface area contributed by atoms with E-state index in [2.05, 4.69) is 0 Å². The lowest BCUT2D eigenvalue weighted by Gasteiger charge is -2.38. The van der Waals surface area contributed by atoms with Crippen LogP contribution in [-0.2, 0) is 0 Å². The number of halogens is 2. The number of hydrogen-bond donors (Lipinski definition) is 0. The summed E-state index contributed by atoms with van der Waals surface area (Å²) in [6.45, 7) is 1.93. The molecule has 0 saturated heterocycles. The van der Waals surface area contributed by atoms with E-state index in [9.17, 15) is 0 Å². The third-order valence-corrected chi connectivity index (χ3v) is 5.38. The Morgan fingerprint density at radius 3 is 2.67 bits per heavy atom. The first-order valence-corrected chi connectivity index (χ1v) is 9.48. The topological polar surface area (TPSA) is 38.0 Å². The number of rotatable bonds is 2. The Kier molecular flexibility index (Phi) is 3.92. The maximum Gasteiger partial charge on any atom is 0.213 e. The molecular weight excluding hydrogens is 383 g/mol. The van der Waals surface area contributed by atoms with Crippen molar-refractivity contribution in [3.63, 3.8) is 0 Å². The number of hydrogen-bond acceptors (Lipinski definition) is 4. The van der Waals surface area contributed by atoms with Crippen molar-refractivity contribution < 1.29 is 9.15 Å². The Bertz CT molecular complexity index is 1060. The van der Waals surface area contributed by atoms with Crippen molar-refractivity contribution >= 4 is 28.9 Å². The molecule has 6 heteroatoms. The first kappa shape index (κ1) is 16.7. The maximum absolute atomic E-state index is 6.30. The Morgan fingerprint density at radius 1 is 1.04 bits per heavy atom.